The van der Waals surface area contributed by atoms with E-state index in [0.29, 0.717) is 4.57 Å². The standard InChI is InChI=1S/C19H30F2N5O11P/c1-5-32-24-10(3)15(28)36-38(31,37-16(29)11(4)25-33-6-2)34-9-12-14(27)19(20,21)17(35-12)26-8-7-13(22)23-18(26)30/h7-8,10-12,14,17,24-25,27H,5-6,9H2,1-4H3,(H2,22,23,30)/t10-,11-,12+,14+,17+/m0/s1. The van der Waals surface area contributed by atoms with Gasteiger partial charge in [0.15, 0.2) is 6.10 Å². The highest BCUT2D eigenvalue weighted by atomic mass is 31.2. The van der Waals surface area contributed by atoms with E-state index in [9.17, 15) is 32.8 Å². The van der Waals surface area contributed by atoms with Crippen molar-refractivity contribution in [3.8, 4) is 0 Å². The molecule has 0 aromatic carbocycles. The summed E-state index contributed by atoms with van der Waals surface area (Å²) in [6.07, 6.45) is -5.98. The minimum atomic E-state index is -5.16. The van der Waals surface area contributed by atoms with Crippen molar-refractivity contribution in [2.24, 2.45) is 0 Å². The molecule has 0 saturated carbocycles. The fourth-order valence-corrected chi connectivity index (χ4v) is 4.07. The number of aliphatic hydroxyl groups excluding tert-OH is 1. The molecule has 38 heavy (non-hydrogen) atoms. The van der Waals surface area contributed by atoms with Crippen molar-refractivity contribution >= 4 is 25.6 Å². The molecule has 16 nitrogen and oxygen atoms in total. The number of halogens is 2. The van der Waals surface area contributed by atoms with E-state index in [1.165, 1.54) is 13.8 Å². The monoisotopic (exact) mass is 573 g/mol. The highest BCUT2D eigenvalue weighted by molar-refractivity contribution is 7.49. The SMILES string of the molecule is CCON[C@@H](C)C(=O)OP(=O)(OC[C@H]1O[C@@H](n2ccc(N)nc2=O)C(F)(F)[C@@H]1O)OC(=O)[C@H](C)NOCC. The molecule has 19 heteroatoms. The zero-order valence-corrected chi connectivity index (χ0v) is 21.8. The Balaban J connectivity index is 2.22. The van der Waals surface area contributed by atoms with E-state index < -0.39 is 68.5 Å². The summed E-state index contributed by atoms with van der Waals surface area (Å²) < 4.78 is 62.7. The maximum absolute atomic E-state index is 14.8. The van der Waals surface area contributed by atoms with Gasteiger partial charge < -0.3 is 34.3 Å². The molecule has 0 spiro atoms. The molecule has 0 bridgehead atoms. The first-order chi connectivity index (χ1) is 17.8. The molecule has 216 valence electrons. The second-order valence-electron chi connectivity index (χ2n) is 7.80. The van der Waals surface area contributed by atoms with Crippen LogP contribution in [0.15, 0.2) is 17.1 Å². The van der Waals surface area contributed by atoms with Crippen molar-refractivity contribution < 1.29 is 56.0 Å². The molecular weight excluding hydrogens is 543 g/mol. The van der Waals surface area contributed by atoms with Crippen LogP contribution in [-0.4, -0.2) is 76.6 Å². The number of nitrogens with two attached hydrogens (primary N) is 1. The van der Waals surface area contributed by atoms with E-state index in [-0.39, 0.29) is 19.0 Å². The van der Waals surface area contributed by atoms with Crippen molar-refractivity contribution in [1.29, 1.82) is 0 Å². The summed E-state index contributed by atoms with van der Waals surface area (Å²) in [7, 11) is -5.16. The second kappa shape index (κ2) is 13.5. The predicted molar refractivity (Wildman–Crippen MR) is 122 cm³/mol. The van der Waals surface area contributed by atoms with Gasteiger partial charge in [0.05, 0.1) is 19.8 Å². The van der Waals surface area contributed by atoms with Crippen LogP contribution >= 0.6 is 7.82 Å². The summed E-state index contributed by atoms with van der Waals surface area (Å²) in [6, 6.07) is -1.40. The Hall–Kier alpha value is -2.57. The normalized spacial score (nSPS) is 22.6. The number of phosphoric acid groups is 1. The summed E-state index contributed by atoms with van der Waals surface area (Å²) in [5, 5.41) is 10.2. The number of nitrogens with zero attached hydrogens (tertiary/aromatic N) is 2. The van der Waals surface area contributed by atoms with Gasteiger partial charge in [-0.1, -0.05) is 0 Å². The molecule has 1 fully saturated rings. The summed E-state index contributed by atoms with van der Waals surface area (Å²) in [5.41, 5.74) is 8.71. The number of ether oxygens (including phenoxy) is 1. The number of carbonyl (C=O) groups excluding carboxylic acids is 2. The number of phosphoric ester groups is 1. The van der Waals surface area contributed by atoms with E-state index in [1.54, 1.807) is 13.8 Å². The maximum atomic E-state index is 14.8. The van der Waals surface area contributed by atoms with Crippen molar-refractivity contribution in [2.75, 3.05) is 25.6 Å². The molecule has 0 aliphatic carbocycles. The molecule has 1 aromatic heterocycles. The highest BCUT2D eigenvalue weighted by Gasteiger charge is 2.60. The third-order valence-electron chi connectivity index (χ3n) is 4.80. The molecule has 0 radical (unpaired) electrons. The molecular formula is C19H30F2N5O11P. The van der Waals surface area contributed by atoms with E-state index in [4.69, 9.17) is 33.7 Å². The number of aromatic nitrogens is 2. The number of alkyl halides is 2. The Bertz CT molecular complexity index is 1050. The van der Waals surface area contributed by atoms with Crippen LogP contribution in [0.1, 0.15) is 33.9 Å². The largest absolute Gasteiger partial charge is 0.592 e. The Morgan fingerprint density at radius 1 is 1.21 bits per heavy atom. The van der Waals surface area contributed by atoms with Crippen LogP contribution in [0.3, 0.4) is 0 Å². The van der Waals surface area contributed by atoms with Crippen molar-refractivity contribution in [2.45, 2.75) is 64.1 Å². The molecule has 1 aliphatic rings. The molecule has 2 heterocycles. The first kappa shape index (κ1) is 31.6. The number of carbonyl (C=O) groups is 2. The number of hydrogen-bond acceptors (Lipinski definition) is 15. The minimum absolute atomic E-state index is 0.153. The van der Waals surface area contributed by atoms with Gasteiger partial charge in [-0.3, -0.25) is 9.09 Å². The van der Waals surface area contributed by atoms with E-state index in [1.807, 2.05) is 0 Å². The first-order valence-electron chi connectivity index (χ1n) is 11.3. The van der Waals surface area contributed by atoms with Crippen molar-refractivity contribution in [3.05, 3.63) is 22.7 Å². The topological polar surface area (TPSA) is 212 Å². The van der Waals surface area contributed by atoms with Gasteiger partial charge in [-0.05, 0) is 33.8 Å². The molecule has 0 unspecified atom stereocenters. The molecule has 1 aliphatic heterocycles. The van der Waals surface area contributed by atoms with E-state index in [2.05, 4.69) is 15.9 Å². The fraction of sp³-hybridized carbons (Fsp3) is 0.684. The average Bonchev–Trinajstić information content (AvgIpc) is 3.07. The van der Waals surface area contributed by atoms with Gasteiger partial charge in [0.2, 0.25) is 6.23 Å². The summed E-state index contributed by atoms with van der Waals surface area (Å²) in [6.45, 7) is 4.92. The van der Waals surface area contributed by atoms with Crippen molar-refractivity contribution in [3.63, 3.8) is 0 Å². The van der Waals surface area contributed by atoms with Gasteiger partial charge in [-0.2, -0.15) is 24.7 Å². The number of hydroxylamine groups is 2. The van der Waals surface area contributed by atoms with E-state index >= 15 is 0 Å². The van der Waals surface area contributed by atoms with Crippen LogP contribution < -0.4 is 22.4 Å². The third kappa shape index (κ3) is 7.97. The molecule has 1 aromatic rings. The quantitative estimate of drug-likeness (QED) is 0.167. The lowest BCUT2D eigenvalue weighted by molar-refractivity contribution is -0.148. The lowest BCUT2D eigenvalue weighted by atomic mass is 10.1. The smallest absolute Gasteiger partial charge is 0.384 e. The zero-order valence-electron chi connectivity index (χ0n) is 20.9. The maximum Gasteiger partial charge on any atom is 0.592 e. The Kier molecular flexibility index (Phi) is 11.2. The Morgan fingerprint density at radius 3 is 2.21 bits per heavy atom. The summed E-state index contributed by atoms with van der Waals surface area (Å²) in [5.74, 6) is -6.80. The van der Waals surface area contributed by atoms with Gasteiger partial charge in [-0.15, -0.1) is 0 Å². The number of hydrogen-bond donors (Lipinski definition) is 4. The average molecular weight is 573 g/mol. The van der Waals surface area contributed by atoms with Crippen LogP contribution in [0.5, 0.6) is 0 Å². The number of nitrogens with one attached hydrogen (secondary N) is 2. The van der Waals surface area contributed by atoms with Crippen LogP contribution in [-0.2, 0) is 42.1 Å². The van der Waals surface area contributed by atoms with Crippen LogP contribution in [0, 0.1) is 0 Å². The lowest BCUT2D eigenvalue weighted by Gasteiger charge is -2.22. The first-order valence-corrected chi connectivity index (χ1v) is 12.7. The third-order valence-corrected chi connectivity index (χ3v) is 6.07. The van der Waals surface area contributed by atoms with Gasteiger partial charge in [0.1, 0.15) is 24.0 Å². The van der Waals surface area contributed by atoms with E-state index in [0.717, 1.165) is 12.3 Å². The van der Waals surface area contributed by atoms with Gasteiger partial charge in [0, 0.05) is 6.20 Å². The molecule has 1 saturated heterocycles. The summed E-state index contributed by atoms with van der Waals surface area (Å²) >= 11 is 0. The minimum Gasteiger partial charge on any atom is -0.384 e. The number of nitrogen functional groups attached to an aromatic ring is 1. The molecule has 0 amide bonds. The molecule has 5 atom stereocenters. The lowest BCUT2D eigenvalue weighted by Crippen LogP contribution is -2.42. The number of aliphatic hydroxyl groups is 1. The Labute approximate surface area is 215 Å². The molecule has 5 N–H and O–H groups in total. The van der Waals surface area contributed by atoms with Crippen molar-refractivity contribution in [1.82, 2.24) is 20.5 Å². The zero-order chi connectivity index (χ0) is 28.7. The van der Waals surface area contributed by atoms with Gasteiger partial charge >= 0.3 is 31.4 Å². The number of rotatable bonds is 14. The number of anilines is 1. The van der Waals surface area contributed by atoms with Gasteiger partial charge in [0.25, 0.3) is 0 Å². The predicted octanol–water partition coefficient (Wildman–Crippen LogP) is -0.211. The molecule has 2 rings (SSSR count). The Morgan fingerprint density at radius 2 is 1.74 bits per heavy atom. The highest BCUT2D eigenvalue weighted by Crippen LogP contribution is 2.52. The van der Waals surface area contributed by atoms with Gasteiger partial charge in [-0.25, -0.2) is 18.9 Å². The van der Waals surface area contributed by atoms with Crippen LogP contribution in [0.4, 0.5) is 14.6 Å². The van der Waals surface area contributed by atoms with Crippen LogP contribution in [0.25, 0.3) is 0 Å². The summed E-state index contributed by atoms with van der Waals surface area (Å²) in [4.78, 5) is 49.7. The fourth-order valence-electron chi connectivity index (χ4n) is 2.84. The van der Waals surface area contributed by atoms with Crippen LogP contribution in [0.2, 0.25) is 0 Å². The second-order valence-corrected chi connectivity index (χ2v) is 9.32.